The van der Waals surface area contributed by atoms with Crippen LogP contribution in [0, 0.1) is 10.5 Å². The molecule has 0 aromatic heterocycles. The lowest BCUT2D eigenvalue weighted by Gasteiger charge is -2.13. The van der Waals surface area contributed by atoms with Crippen LogP contribution in [-0.4, -0.2) is 25.1 Å². The average molecular weight is 489 g/mol. The first-order valence-electron chi connectivity index (χ1n) is 8.81. The fourth-order valence-corrected chi connectivity index (χ4v) is 3.47. The molecule has 0 fully saturated rings. The van der Waals surface area contributed by atoms with Gasteiger partial charge >= 0.3 is 5.97 Å². The second-order valence-electron chi connectivity index (χ2n) is 6.07. The molecular weight excluding hydrogens is 469 g/mol. The van der Waals surface area contributed by atoms with Crippen molar-refractivity contribution in [1.82, 2.24) is 0 Å². The molecule has 6 heteroatoms. The number of cyclic esters (lactones) is 1. The standard InChI is InChI=1S/C22H20INO4/c1-4-9-27-20-17(23)11-15(13-19(20)26-5-2)12-18-22(25)28-21(24-18)16-8-6-7-14(3)10-16/h4,6-8,10-13H,1,5,9H2,2-3H3/b18-12+. The second-order valence-corrected chi connectivity index (χ2v) is 7.23. The lowest BCUT2D eigenvalue weighted by atomic mass is 10.1. The number of nitrogens with zero attached hydrogens (tertiary/aromatic N) is 1. The highest BCUT2D eigenvalue weighted by Gasteiger charge is 2.24. The smallest absolute Gasteiger partial charge is 0.363 e. The second kappa shape index (κ2) is 9.05. The summed E-state index contributed by atoms with van der Waals surface area (Å²) < 4.78 is 17.6. The molecule has 2 aromatic rings. The molecule has 2 aromatic carbocycles. The molecule has 1 heterocycles. The van der Waals surface area contributed by atoms with Crippen LogP contribution in [0.2, 0.25) is 0 Å². The molecule has 0 bridgehead atoms. The number of aliphatic imine (C=N–C) groups is 1. The Balaban J connectivity index is 1.95. The quantitative estimate of drug-likeness (QED) is 0.240. The third-order valence-corrected chi connectivity index (χ3v) is 4.67. The maximum absolute atomic E-state index is 12.3. The Bertz CT molecular complexity index is 978. The lowest BCUT2D eigenvalue weighted by molar-refractivity contribution is -0.129. The molecule has 0 amide bonds. The third-order valence-electron chi connectivity index (χ3n) is 3.87. The summed E-state index contributed by atoms with van der Waals surface area (Å²) in [5.41, 5.74) is 2.86. The van der Waals surface area contributed by atoms with Crippen molar-refractivity contribution in [3.05, 3.63) is 75.0 Å². The number of hydrogen-bond donors (Lipinski definition) is 0. The van der Waals surface area contributed by atoms with Crippen molar-refractivity contribution >= 4 is 40.5 Å². The minimum atomic E-state index is -0.476. The van der Waals surface area contributed by atoms with Crippen LogP contribution < -0.4 is 9.47 Å². The monoisotopic (exact) mass is 489 g/mol. The fraction of sp³-hybridized carbons (Fsp3) is 0.182. The van der Waals surface area contributed by atoms with Crippen LogP contribution in [0.1, 0.15) is 23.6 Å². The van der Waals surface area contributed by atoms with E-state index in [0.717, 1.165) is 20.3 Å². The maximum atomic E-state index is 12.3. The summed E-state index contributed by atoms with van der Waals surface area (Å²) in [5, 5.41) is 0. The molecule has 0 radical (unpaired) electrons. The highest BCUT2D eigenvalue weighted by Crippen LogP contribution is 2.35. The van der Waals surface area contributed by atoms with E-state index >= 15 is 0 Å². The number of aryl methyl sites for hydroxylation is 1. The van der Waals surface area contributed by atoms with E-state index < -0.39 is 5.97 Å². The fourth-order valence-electron chi connectivity index (χ4n) is 2.69. The molecule has 0 saturated carbocycles. The van der Waals surface area contributed by atoms with Gasteiger partial charge in [-0.15, -0.1) is 0 Å². The van der Waals surface area contributed by atoms with Crippen LogP contribution in [0.4, 0.5) is 0 Å². The molecule has 1 aliphatic heterocycles. The summed E-state index contributed by atoms with van der Waals surface area (Å²) in [6.45, 7) is 8.43. The molecule has 144 valence electrons. The van der Waals surface area contributed by atoms with Crippen molar-refractivity contribution < 1.29 is 19.0 Å². The number of carbonyl (C=O) groups excluding carboxylic acids is 1. The van der Waals surface area contributed by atoms with Gasteiger partial charge in [0.05, 0.1) is 10.2 Å². The predicted octanol–water partition coefficient (Wildman–Crippen LogP) is 4.91. The largest absolute Gasteiger partial charge is 0.490 e. The molecule has 0 atom stereocenters. The number of halogens is 1. The van der Waals surface area contributed by atoms with Gasteiger partial charge in [-0.3, -0.25) is 0 Å². The van der Waals surface area contributed by atoms with E-state index in [2.05, 4.69) is 34.2 Å². The summed E-state index contributed by atoms with van der Waals surface area (Å²) in [6, 6.07) is 11.4. The van der Waals surface area contributed by atoms with Crippen molar-refractivity contribution in [2.75, 3.05) is 13.2 Å². The minimum absolute atomic E-state index is 0.245. The van der Waals surface area contributed by atoms with Gasteiger partial charge < -0.3 is 14.2 Å². The summed E-state index contributed by atoms with van der Waals surface area (Å²) in [4.78, 5) is 16.6. The average Bonchev–Trinajstić information content (AvgIpc) is 3.02. The van der Waals surface area contributed by atoms with Crippen LogP contribution in [0.15, 0.2) is 59.7 Å². The van der Waals surface area contributed by atoms with E-state index in [0.29, 0.717) is 30.6 Å². The molecule has 0 N–H and O–H groups in total. The van der Waals surface area contributed by atoms with Gasteiger partial charge in [-0.05, 0) is 72.3 Å². The Morgan fingerprint density at radius 2 is 2.07 bits per heavy atom. The van der Waals surface area contributed by atoms with Crippen molar-refractivity contribution in [3.63, 3.8) is 0 Å². The Morgan fingerprint density at radius 1 is 1.25 bits per heavy atom. The zero-order valence-corrected chi connectivity index (χ0v) is 17.9. The molecule has 0 aliphatic carbocycles. The Kier molecular flexibility index (Phi) is 6.51. The highest BCUT2D eigenvalue weighted by molar-refractivity contribution is 14.1. The molecule has 0 saturated heterocycles. The Labute approximate surface area is 177 Å². The number of ether oxygens (including phenoxy) is 3. The van der Waals surface area contributed by atoms with Crippen LogP contribution in [0.3, 0.4) is 0 Å². The normalized spacial score (nSPS) is 14.6. The number of hydrogen-bond acceptors (Lipinski definition) is 5. The van der Waals surface area contributed by atoms with Crippen LogP contribution in [0.25, 0.3) is 6.08 Å². The molecule has 0 unspecified atom stereocenters. The predicted molar refractivity (Wildman–Crippen MR) is 118 cm³/mol. The van der Waals surface area contributed by atoms with Gasteiger partial charge in [0, 0.05) is 5.56 Å². The van der Waals surface area contributed by atoms with Gasteiger partial charge in [-0.1, -0.05) is 30.4 Å². The van der Waals surface area contributed by atoms with Gasteiger partial charge in [-0.25, -0.2) is 9.79 Å². The molecule has 28 heavy (non-hydrogen) atoms. The minimum Gasteiger partial charge on any atom is -0.490 e. The number of benzene rings is 2. The number of esters is 1. The van der Waals surface area contributed by atoms with Gasteiger partial charge in [-0.2, -0.15) is 0 Å². The van der Waals surface area contributed by atoms with Crippen molar-refractivity contribution in [3.8, 4) is 11.5 Å². The third kappa shape index (κ3) is 4.62. The molecular formula is C22H20INO4. The van der Waals surface area contributed by atoms with Crippen LogP contribution >= 0.6 is 22.6 Å². The summed E-state index contributed by atoms with van der Waals surface area (Å²) >= 11 is 2.18. The first-order valence-corrected chi connectivity index (χ1v) is 9.89. The first-order chi connectivity index (χ1) is 13.5. The van der Waals surface area contributed by atoms with Gasteiger partial charge in [0.25, 0.3) is 0 Å². The zero-order chi connectivity index (χ0) is 20.1. The topological polar surface area (TPSA) is 57.1 Å². The number of rotatable bonds is 7. The van der Waals surface area contributed by atoms with Crippen LogP contribution in [0.5, 0.6) is 11.5 Å². The molecule has 0 spiro atoms. The molecule has 5 nitrogen and oxygen atoms in total. The highest BCUT2D eigenvalue weighted by atomic mass is 127. The van der Waals surface area contributed by atoms with Crippen molar-refractivity contribution in [2.24, 2.45) is 4.99 Å². The number of carbonyl (C=O) groups is 1. The van der Waals surface area contributed by atoms with Gasteiger partial charge in [0.15, 0.2) is 17.2 Å². The van der Waals surface area contributed by atoms with E-state index in [4.69, 9.17) is 14.2 Å². The zero-order valence-electron chi connectivity index (χ0n) is 15.7. The lowest BCUT2D eigenvalue weighted by Crippen LogP contribution is -2.05. The summed E-state index contributed by atoms with van der Waals surface area (Å²) in [6.07, 6.45) is 3.37. The molecule has 1 aliphatic rings. The molecule has 3 rings (SSSR count). The summed E-state index contributed by atoms with van der Waals surface area (Å²) in [7, 11) is 0. The SMILES string of the molecule is C=CCOc1c(I)cc(/C=C2/N=C(c3cccc(C)c3)OC2=O)cc1OCC. The van der Waals surface area contributed by atoms with E-state index in [1.54, 1.807) is 12.2 Å². The Morgan fingerprint density at radius 3 is 2.79 bits per heavy atom. The first kappa shape index (κ1) is 20.1. The Hall–Kier alpha value is -2.61. The van der Waals surface area contributed by atoms with Crippen molar-refractivity contribution in [1.29, 1.82) is 0 Å². The van der Waals surface area contributed by atoms with E-state index in [-0.39, 0.29) is 5.70 Å². The maximum Gasteiger partial charge on any atom is 0.363 e. The van der Waals surface area contributed by atoms with Crippen molar-refractivity contribution in [2.45, 2.75) is 13.8 Å². The van der Waals surface area contributed by atoms with Gasteiger partial charge in [0.2, 0.25) is 5.90 Å². The van der Waals surface area contributed by atoms with Gasteiger partial charge in [0.1, 0.15) is 6.61 Å². The van der Waals surface area contributed by atoms with E-state index in [9.17, 15) is 4.79 Å². The van der Waals surface area contributed by atoms with E-state index in [1.165, 1.54) is 0 Å². The van der Waals surface area contributed by atoms with Crippen LogP contribution in [-0.2, 0) is 9.53 Å². The van der Waals surface area contributed by atoms with E-state index in [1.807, 2.05) is 50.2 Å². The summed E-state index contributed by atoms with van der Waals surface area (Å²) in [5.74, 6) is 1.10.